The average Bonchev–Trinajstić information content (AvgIpc) is 2.75. The van der Waals surface area contributed by atoms with Crippen LogP contribution in [0, 0.1) is 5.92 Å². The van der Waals surface area contributed by atoms with Crippen LogP contribution in [-0.4, -0.2) is 5.78 Å². The number of rotatable bonds is 4. The first-order chi connectivity index (χ1) is 9.54. The molecule has 2 rings (SSSR count). The van der Waals surface area contributed by atoms with Crippen molar-refractivity contribution < 1.29 is 4.79 Å². The fourth-order valence-corrected chi connectivity index (χ4v) is 3.07. The van der Waals surface area contributed by atoms with Gasteiger partial charge in [0.1, 0.15) is 0 Å². The van der Waals surface area contributed by atoms with E-state index >= 15 is 0 Å². The summed E-state index contributed by atoms with van der Waals surface area (Å²) in [5.41, 5.74) is 2.44. The Kier molecular flexibility index (Phi) is 5.01. The van der Waals surface area contributed by atoms with Crippen molar-refractivity contribution >= 4 is 5.78 Å². The predicted molar refractivity (Wildman–Crippen MR) is 85.3 cm³/mol. The summed E-state index contributed by atoms with van der Waals surface area (Å²) in [7, 11) is 0. The lowest BCUT2D eigenvalue weighted by molar-refractivity contribution is 0.0908. The van der Waals surface area contributed by atoms with Crippen molar-refractivity contribution in [3.05, 3.63) is 35.4 Å². The lowest BCUT2D eigenvalue weighted by atomic mass is 9.81. The van der Waals surface area contributed by atoms with Gasteiger partial charge >= 0.3 is 0 Å². The summed E-state index contributed by atoms with van der Waals surface area (Å²) in [6, 6.07) is 8.38. The quantitative estimate of drug-likeness (QED) is 0.520. The van der Waals surface area contributed by atoms with Gasteiger partial charge in [0.2, 0.25) is 0 Å². The largest absolute Gasteiger partial charge is 0.294 e. The lowest BCUT2D eigenvalue weighted by Gasteiger charge is -2.23. The highest BCUT2D eigenvalue weighted by atomic mass is 16.1. The van der Waals surface area contributed by atoms with Gasteiger partial charge in [-0.1, -0.05) is 70.7 Å². The van der Waals surface area contributed by atoms with Gasteiger partial charge in [-0.05, 0) is 30.2 Å². The van der Waals surface area contributed by atoms with Crippen LogP contribution >= 0.6 is 0 Å². The van der Waals surface area contributed by atoms with Gasteiger partial charge in [0, 0.05) is 11.5 Å². The minimum absolute atomic E-state index is 0.198. The number of carbonyl (C=O) groups excluding carboxylic acids is 1. The summed E-state index contributed by atoms with van der Waals surface area (Å²) in [4.78, 5) is 12.6. The highest BCUT2D eigenvalue weighted by Gasteiger charge is 2.22. The van der Waals surface area contributed by atoms with E-state index in [-0.39, 0.29) is 11.3 Å². The molecule has 0 N–H and O–H groups in total. The van der Waals surface area contributed by atoms with Crippen molar-refractivity contribution in [3.63, 3.8) is 0 Å². The highest BCUT2D eigenvalue weighted by molar-refractivity contribution is 5.97. The number of carbonyl (C=O) groups is 1. The summed E-state index contributed by atoms with van der Waals surface area (Å²) >= 11 is 0. The molecule has 1 nitrogen and oxygen atoms in total. The van der Waals surface area contributed by atoms with Crippen molar-refractivity contribution in [3.8, 4) is 0 Å². The van der Waals surface area contributed by atoms with E-state index in [1.54, 1.807) is 0 Å². The van der Waals surface area contributed by atoms with Crippen molar-refractivity contribution in [2.24, 2.45) is 5.92 Å². The summed E-state index contributed by atoms with van der Waals surface area (Å²) in [5, 5.41) is 0. The third kappa shape index (κ3) is 3.50. The van der Waals surface area contributed by atoms with Crippen molar-refractivity contribution in [1.82, 2.24) is 0 Å². The van der Waals surface area contributed by atoms with E-state index in [1.165, 1.54) is 31.2 Å². The van der Waals surface area contributed by atoms with Crippen molar-refractivity contribution in [2.45, 2.75) is 71.1 Å². The maximum Gasteiger partial charge on any atom is 0.165 e. The van der Waals surface area contributed by atoms with Crippen LogP contribution in [0.2, 0.25) is 0 Å². The second-order valence-corrected chi connectivity index (χ2v) is 6.87. The summed E-state index contributed by atoms with van der Waals surface area (Å²) in [6.07, 6.45) is 8.32. The highest BCUT2D eigenvalue weighted by Crippen LogP contribution is 2.29. The molecular weight excluding hydrogens is 244 g/mol. The zero-order valence-electron chi connectivity index (χ0n) is 13.2. The third-order valence-corrected chi connectivity index (χ3v) is 5.06. The molecule has 1 fully saturated rings. The molecule has 0 atom stereocenters. The van der Waals surface area contributed by atoms with Gasteiger partial charge in [-0.15, -0.1) is 0 Å². The molecule has 1 aliphatic carbocycles. The molecular formula is C19H28O. The molecule has 0 amide bonds. The number of benzene rings is 1. The van der Waals surface area contributed by atoms with E-state index in [9.17, 15) is 4.79 Å². The third-order valence-electron chi connectivity index (χ3n) is 5.06. The number of hydrogen-bond acceptors (Lipinski definition) is 1. The van der Waals surface area contributed by atoms with Gasteiger partial charge in [0.15, 0.2) is 5.78 Å². The van der Waals surface area contributed by atoms with Gasteiger partial charge in [-0.3, -0.25) is 4.79 Å². The van der Waals surface area contributed by atoms with E-state index in [0.29, 0.717) is 5.78 Å². The molecule has 0 saturated heterocycles. The zero-order valence-corrected chi connectivity index (χ0v) is 13.2. The Labute approximate surface area is 123 Å². The zero-order chi connectivity index (χ0) is 14.6. The number of ketones is 1. The molecule has 0 heterocycles. The molecule has 0 unspecified atom stereocenters. The Bertz CT molecular complexity index is 433. The SMILES string of the molecule is CCC(C)(C)c1ccc(C(=O)C2CCCCCC2)cc1. The standard InChI is InChI=1S/C19H28O/c1-4-19(2,3)17-13-11-16(12-14-17)18(20)15-9-7-5-6-8-10-15/h11-15H,4-10H2,1-3H3. The van der Waals surface area contributed by atoms with E-state index < -0.39 is 0 Å². The molecule has 110 valence electrons. The Morgan fingerprint density at radius 2 is 1.60 bits per heavy atom. The van der Waals surface area contributed by atoms with Crippen LogP contribution in [0.5, 0.6) is 0 Å². The van der Waals surface area contributed by atoms with Gasteiger partial charge in [-0.25, -0.2) is 0 Å². The van der Waals surface area contributed by atoms with Crippen LogP contribution in [0.15, 0.2) is 24.3 Å². The van der Waals surface area contributed by atoms with Crippen LogP contribution < -0.4 is 0 Å². The second kappa shape index (κ2) is 6.56. The maximum absolute atomic E-state index is 12.6. The number of Topliss-reactive ketones (excluding diaryl/α,β-unsaturated/α-hetero) is 1. The Hall–Kier alpha value is -1.11. The molecule has 1 aromatic rings. The van der Waals surface area contributed by atoms with Gasteiger partial charge in [-0.2, -0.15) is 0 Å². The molecule has 0 radical (unpaired) electrons. The van der Waals surface area contributed by atoms with Crippen LogP contribution in [0.4, 0.5) is 0 Å². The summed E-state index contributed by atoms with van der Waals surface area (Å²) in [6.45, 7) is 6.73. The van der Waals surface area contributed by atoms with Crippen LogP contribution in [0.1, 0.15) is 81.6 Å². The topological polar surface area (TPSA) is 17.1 Å². The molecule has 20 heavy (non-hydrogen) atoms. The molecule has 0 bridgehead atoms. The monoisotopic (exact) mass is 272 g/mol. The first-order valence-electron chi connectivity index (χ1n) is 8.19. The average molecular weight is 272 g/mol. The Balaban J connectivity index is 2.11. The van der Waals surface area contributed by atoms with Crippen molar-refractivity contribution in [2.75, 3.05) is 0 Å². The van der Waals surface area contributed by atoms with Crippen molar-refractivity contribution in [1.29, 1.82) is 0 Å². The van der Waals surface area contributed by atoms with Crippen LogP contribution in [-0.2, 0) is 5.41 Å². The minimum atomic E-state index is 0.198. The fourth-order valence-electron chi connectivity index (χ4n) is 3.07. The van der Waals surface area contributed by atoms with E-state index in [4.69, 9.17) is 0 Å². The molecule has 0 aliphatic heterocycles. The van der Waals surface area contributed by atoms with Gasteiger partial charge in [0.05, 0.1) is 0 Å². The maximum atomic E-state index is 12.6. The fraction of sp³-hybridized carbons (Fsp3) is 0.632. The second-order valence-electron chi connectivity index (χ2n) is 6.87. The molecule has 0 spiro atoms. The van der Waals surface area contributed by atoms with E-state index in [2.05, 4.69) is 32.9 Å². The molecule has 1 saturated carbocycles. The number of hydrogen-bond donors (Lipinski definition) is 0. The molecule has 1 heteroatoms. The van der Waals surface area contributed by atoms with Crippen LogP contribution in [0.25, 0.3) is 0 Å². The Morgan fingerprint density at radius 3 is 2.10 bits per heavy atom. The molecule has 1 aromatic carbocycles. The molecule has 0 aromatic heterocycles. The first-order valence-corrected chi connectivity index (χ1v) is 8.19. The van der Waals surface area contributed by atoms with Gasteiger partial charge < -0.3 is 0 Å². The lowest BCUT2D eigenvalue weighted by Crippen LogP contribution is -2.17. The van der Waals surface area contributed by atoms with Crippen LogP contribution in [0.3, 0.4) is 0 Å². The smallest absolute Gasteiger partial charge is 0.165 e. The predicted octanol–water partition coefficient (Wildman–Crippen LogP) is 5.53. The summed E-state index contributed by atoms with van der Waals surface area (Å²) in [5.74, 6) is 0.635. The van der Waals surface area contributed by atoms with E-state index in [0.717, 1.165) is 24.8 Å². The first kappa shape index (κ1) is 15.3. The van der Waals surface area contributed by atoms with E-state index in [1.807, 2.05) is 12.1 Å². The summed E-state index contributed by atoms with van der Waals surface area (Å²) < 4.78 is 0. The Morgan fingerprint density at radius 1 is 1.05 bits per heavy atom. The molecule has 1 aliphatic rings. The minimum Gasteiger partial charge on any atom is -0.294 e. The normalized spacial score (nSPS) is 17.8. The van der Waals surface area contributed by atoms with Gasteiger partial charge in [0.25, 0.3) is 0 Å².